The molecule has 4 nitrogen and oxygen atoms in total. The number of carbonyl (C=O) groups excluding carboxylic acids is 1. The van der Waals surface area contributed by atoms with Crippen molar-refractivity contribution in [1.29, 1.82) is 0 Å². The van der Waals surface area contributed by atoms with Gasteiger partial charge in [0.2, 0.25) is 5.91 Å². The molecular weight excluding hydrogens is 180 g/mol. The lowest BCUT2D eigenvalue weighted by Gasteiger charge is -2.30. The molecule has 0 spiro atoms. The minimum Gasteiger partial charge on any atom is -0.378 e. The van der Waals surface area contributed by atoms with Crippen LogP contribution >= 0.6 is 0 Å². The van der Waals surface area contributed by atoms with E-state index in [1.165, 1.54) is 0 Å². The summed E-state index contributed by atoms with van der Waals surface area (Å²) in [5, 5.41) is 3.26. The maximum Gasteiger partial charge on any atom is 0.227 e. The van der Waals surface area contributed by atoms with Gasteiger partial charge in [-0.2, -0.15) is 0 Å². The largest absolute Gasteiger partial charge is 0.378 e. The Morgan fingerprint density at radius 3 is 2.64 bits per heavy atom. The minimum atomic E-state index is 0.188. The number of amides is 1. The Morgan fingerprint density at radius 2 is 2.07 bits per heavy atom. The Labute approximate surface area is 84.6 Å². The van der Waals surface area contributed by atoms with Gasteiger partial charge in [-0.3, -0.25) is 4.79 Å². The molecule has 80 valence electrons. The van der Waals surface area contributed by atoms with Crippen LogP contribution in [0.2, 0.25) is 0 Å². The van der Waals surface area contributed by atoms with Gasteiger partial charge in [0.25, 0.3) is 0 Å². The van der Waals surface area contributed by atoms with Crippen LogP contribution in [0.5, 0.6) is 0 Å². The second-order valence-corrected chi connectivity index (χ2v) is 4.18. The first-order valence-corrected chi connectivity index (χ1v) is 5.36. The lowest BCUT2D eigenvalue weighted by Crippen LogP contribution is -2.45. The normalized spacial score (nSPS) is 33.4. The van der Waals surface area contributed by atoms with E-state index in [2.05, 4.69) is 12.2 Å². The molecule has 2 saturated heterocycles. The summed E-state index contributed by atoms with van der Waals surface area (Å²) in [5.74, 6) is 0.976. The van der Waals surface area contributed by atoms with Gasteiger partial charge in [0, 0.05) is 19.6 Å². The molecule has 0 aliphatic carbocycles. The molecule has 2 atom stereocenters. The van der Waals surface area contributed by atoms with Crippen LogP contribution in [0.1, 0.15) is 6.92 Å². The lowest BCUT2D eigenvalue weighted by molar-refractivity contribution is -0.140. The molecule has 0 unspecified atom stereocenters. The van der Waals surface area contributed by atoms with E-state index >= 15 is 0 Å². The van der Waals surface area contributed by atoms with Gasteiger partial charge >= 0.3 is 0 Å². The number of morpholine rings is 1. The SMILES string of the molecule is C[C@H]1CNC[C@@H]1C(=O)N1CCOCC1. The molecule has 0 bridgehead atoms. The van der Waals surface area contributed by atoms with Crippen LogP contribution in [0.15, 0.2) is 0 Å². The molecule has 2 rings (SSSR count). The fourth-order valence-corrected chi connectivity index (χ4v) is 2.16. The highest BCUT2D eigenvalue weighted by molar-refractivity contribution is 5.79. The fourth-order valence-electron chi connectivity index (χ4n) is 2.16. The number of carbonyl (C=O) groups is 1. The molecule has 2 aliphatic rings. The lowest BCUT2D eigenvalue weighted by atomic mass is 9.96. The van der Waals surface area contributed by atoms with E-state index in [9.17, 15) is 4.79 Å². The first-order valence-electron chi connectivity index (χ1n) is 5.36. The fraction of sp³-hybridized carbons (Fsp3) is 0.900. The van der Waals surface area contributed by atoms with Crippen LogP contribution in [0.3, 0.4) is 0 Å². The smallest absolute Gasteiger partial charge is 0.227 e. The average Bonchev–Trinajstić information content (AvgIpc) is 2.65. The van der Waals surface area contributed by atoms with Crippen LogP contribution in [-0.4, -0.2) is 50.2 Å². The summed E-state index contributed by atoms with van der Waals surface area (Å²) >= 11 is 0. The number of nitrogens with zero attached hydrogens (tertiary/aromatic N) is 1. The summed E-state index contributed by atoms with van der Waals surface area (Å²) in [6.07, 6.45) is 0. The van der Waals surface area contributed by atoms with Crippen molar-refractivity contribution in [2.75, 3.05) is 39.4 Å². The number of ether oxygens (including phenoxy) is 1. The van der Waals surface area contributed by atoms with Gasteiger partial charge in [-0.15, -0.1) is 0 Å². The zero-order valence-electron chi connectivity index (χ0n) is 8.66. The van der Waals surface area contributed by atoms with E-state index in [4.69, 9.17) is 4.74 Å². The van der Waals surface area contributed by atoms with Gasteiger partial charge in [-0.1, -0.05) is 6.92 Å². The summed E-state index contributed by atoms with van der Waals surface area (Å²) < 4.78 is 5.23. The standard InChI is InChI=1S/C10H18N2O2/c1-8-6-11-7-9(8)10(13)12-2-4-14-5-3-12/h8-9,11H,2-7H2,1H3/t8-,9-/m0/s1. The molecule has 0 aromatic heterocycles. The van der Waals surface area contributed by atoms with Crippen molar-refractivity contribution >= 4 is 5.91 Å². The van der Waals surface area contributed by atoms with Gasteiger partial charge in [0.05, 0.1) is 19.1 Å². The second-order valence-electron chi connectivity index (χ2n) is 4.18. The van der Waals surface area contributed by atoms with Gasteiger partial charge in [0.15, 0.2) is 0 Å². The van der Waals surface area contributed by atoms with E-state index < -0.39 is 0 Å². The average molecular weight is 198 g/mol. The monoisotopic (exact) mass is 198 g/mol. The van der Waals surface area contributed by atoms with Crippen molar-refractivity contribution in [3.05, 3.63) is 0 Å². The Balaban J connectivity index is 1.92. The zero-order valence-corrected chi connectivity index (χ0v) is 8.66. The predicted octanol–water partition coefficient (Wildman–Crippen LogP) is -0.299. The Kier molecular flexibility index (Phi) is 3.03. The third-order valence-electron chi connectivity index (χ3n) is 3.16. The van der Waals surface area contributed by atoms with Gasteiger partial charge in [0.1, 0.15) is 0 Å². The van der Waals surface area contributed by atoms with Crippen molar-refractivity contribution in [3.63, 3.8) is 0 Å². The summed E-state index contributed by atoms with van der Waals surface area (Å²) in [6, 6.07) is 0. The van der Waals surface area contributed by atoms with E-state index in [0.717, 1.165) is 26.2 Å². The first kappa shape index (κ1) is 9.93. The second kappa shape index (κ2) is 4.28. The Hall–Kier alpha value is -0.610. The Bertz CT molecular complexity index is 214. The molecule has 2 fully saturated rings. The van der Waals surface area contributed by atoms with Crippen molar-refractivity contribution in [2.45, 2.75) is 6.92 Å². The van der Waals surface area contributed by atoms with Gasteiger partial charge < -0.3 is 15.0 Å². The highest BCUT2D eigenvalue weighted by Gasteiger charge is 2.33. The van der Waals surface area contributed by atoms with E-state index in [0.29, 0.717) is 25.0 Å². The highest BCUT2D eigenvalue weighted by Crippen LogP contribution is 2.19. The summed E-state index contributed by atoms with van der Waals surface area (Å²) in [4.78, 5) is 14.0. The maximum absolute atomic E-state index is 12.0. The third-order valence-corrected chi connectivity index (χ3v) is 3.16. The first-order chi connectivity index (χ1) is 6.79. The summed E-state index contributed by atoms with van der Waals surface area (Å²) in [6.45, 7) is 6.88. The molecule has 2 aliphatic heterocycles. The van der Waals surface area contributed by atoms with Crippen molar-refractivity contribution in [1.82, 2.24) is 10.2 Å². The van der Waals surface area contributed by atoms with Crippen LogP contribution in [0.4, 0.5) is 0 Å². The summed E-state index contributed by atoms with van der Waals surface area (Å²) in [5.41, 5.74) is 0. The topological polar surface area (TPSA) is 41.6 Å². The van der Waals surface area contributed by atoms with Crippen LogP contribution in [-0.2, 0) is 9.53 Å². The van der Waals surface area contributed by atoms with Crippen LogP contribution in [0.25, 0.3) is 0 Å². The highest BCUT2D eigenvalue weighted by atomic mass is 16.5. The zero-order chi connectivity index (χ0) is 9.97. The Morgan fingerprint density at radius 1 is 1.36 bits per heavy atom. The summed E-state index contributed by atoms with van der Waals surface area (Å²) in [7, 11) is 0. The number of nitrogens with one attached hydrogen (secondary N) is 1. The molecule has 0 aromatic rings. The van der Waals surface area contributed by atoms with Crippen LogP contribution < -0.4 is 5.32 Å². The molecule has 1 amide bonds. The van der Waals surface area contributed by atoms with Gasteiger partial charge in [-0.25, -0.2) is 0 Å². The molecule has 14 heavy (non-hydrogen) atoms. The quantitative estimate of drug-likeness (QED) is 0.629. The number of rotatable bonds is 1. The molecule has 0 radical (unpaired) electrons. The number of hydrogen-bond acceptors (Lipinski definition) is 3. The molecule has 4 heteroatoms. The van der Waals surface area contributed by atoms with Crippen molar-refractivity contribution in [2.24, 2.45) is 11.8 Å². The van der Waals surface area contributed by atoms with Crippen molar-refractivity contribution < 1.29 is 9.53 Å². The van der Waals surface area contributed by atoms with Crippen LogP contribution in [0, 0.1) is 11.8 Å². The molecule has 1 N–H and O–H groups in total. The molecule has 0 aromatic carbocycles. The predicted molar refractivity (Wildman–Crippen MR) is 52.9 cm³/mol. The van der Waals surface area contributed by atoms with E-state index in [1.807, 2.05) is 4.90 Å². The maximum atomic E-state index is 12.0. The van der Waals surface area contributed by atoms with E-state index in [1.54, 1.807) is 0 Å². The minimum absolute atomic E-state index is 0.188. The number of hydrogen-bond donors (Lipinski definition) is 1. The molecular formula is C10H18N2O2. The van der Waals surface area contributed by atoms with E-state index in [-0.39, 0.29) is 5.92 Å². The molecule has 2 heterocycles. The molecule has 0 saturated carbocycles. The van der Waals surface area contributed by atoms with Gasteiger partial charge in [-0.05, 0) is 12.5 Å². The third kappa shape index (κ3) is 1.91. The van der Waals surface area contributed by atoms with Crippen molar-refractivity contribution in [3.8, 4) is 0 Å².